The number of benzene rings is 2. The molecule has 0 aliphatic heterocycles. The van der Waals surface area contributed by atoms with Crippen LogP contribution in [-0.4, -0.2) is 13.4 Å². The van der Waals surface area contributed by atoms with Crippen LogP contribution < -0.4 is 10.0 Å². The second kappa shape index (κ2) is 7.35. The van der Waals surface area contributed by atoms with Crippen molar-refractivity contribution in [3.8, 4) is 0 Å². The molecule has 0 saturated heterocycles. The van der Waals surface area contributed by atoms with Crippen LogP contribution >= 0.6 is 11.6 Å². The lowest BCUT2D eigenvalue weighted by molar-refractivity contribution is 0.601. The van der Waals surface area contributed by atoms with Gasteiger partial charge in [-0.05, 0) is 55.3 Å². The molecule has 0 atom stereocenters. The third-order valence-corrected chi connectivity index (χ3v) is 5.47. The quantitative estimate of drug-likeness (QED) is 0.653. The molecule has 2 N–H and O–H groups in total. The van der Waals surface area contributed by atoms with Gasteiger partial charge in [-0.25, -0.2) is 13.4 Å². The van der Waals surface area contributed by atoms with Gasteiger partial charge >= 0.3 is 0 Å². The van der Waals surface area contributed by atoms with Crippen molar-refractivity contribution in [3.05, 3.63) is 76.9 Å². The molecule has 0 aliphatic rings. The third-order valence-electron chi connectivity index (χ3n) is 3.86. The lowest BCUT2D eigenvalue weighted by atomic mass is 10.1. The van der Waals surface area contributed by atoms with Gasteiger partial charge in [-0.15, -0.1) is 0 Å². The number of aryl methyl sites for hydroxylation is 2. The van der Waals surface area contributed by atoms with Crippen LogP contribution in [0.4, 0.5) is 17.2 Å². The molecule has 3 rings (SSSR count). The molecule has 26 heavy (non-hydrogen) atoms. The minimum atomic E-state index is -3.72. The minimum absolute atomic E-state index is 0.0998. The van der Waals surface area contributed by atoms with Crippen LogP contribution in [0.2, 0.25) is 5.02 Å². The zero-order chi connectivity index (χ0) is 18.7. The Morgan fingerprint density at radius 3 is 2.27 bits per heavy atom. The SMILES string of the molecule is Cc1cccc(C)c1Nc1ccc(NS(=O)(=O)c2cccc(Cl)c2)cn1. The summed E-state index contributed by atoms with van der Waals surface area (Å²) in [6, 6.07) is 15.5. The van der Waals surface area contributed by atoms with Gasteiger partial charge in [-0.1, -0.05) is 35.9 Å². The Morgan fingerprint density at radius 2 is 1.65 bits per heavy atom. The van der Waals surface area contributed by atoms with Gasteiger partial charge in [-0.2, -0.15) is 0 Å². The van der Waals surface area contributed by atoms with Crippen LogP contribution in [0.25, 0.3) is 0 Å². The van der Waals surface area contributed by atoms with E-state index in [1.807, 2.05) is 32.0 Å². The van der Waals surface area contributed by atoms with Crippen LogP contribution in [0, 0.1) is 13.8 Å². The standard InChI is InChI=1S/C19H18ClN3O2S/c1-13-5-3-6-14(2)19(13)22-18-10-9-16(12-21-18)23-26(24,25)17-8-4-7-15(20)11-17/h3-12,23H,1-2H3,(H,21,22). The Hall–Kier alpha value is -2.57. The third kappa shape index (κ3) is 4.15. The van der Waals surface area contributed by atoms with Crippen LogP contribution in [0.15, 0.2) is 65.7 Å². The number of sulfonamides is 1. The molecule has 0 unspecified atom stereocenters. The van der Waals surface area contributed by atoms with Gasteiger partial charge in [0.05, 0.1) is 16.8 Å². The highest BCUT2D eigenvalue weighted by atomic mass is 35.5. The van der Waals surface area contributed by atoms with E-state index in [-0.39, 0.29) is 4.90 Å². The molecule has 0 bridgehead atoms. The number of anilines is 3. The molecule has 5 nitrogen and oxygen atoms in total. The van der Waals surface area contributed by atoms with Crippen molar-refractivity contribution in [2.75, 3.05) is 10.0 Å². The van der Waals surface area contributed by atoms with E-state index in [0.717, 1.165) is 16.8 Å². The van der Waals surface area contributed by atoms with E-state index in [1.165, 1.54) is 18.3 Å². The van der Waals surface area contributed by atoms with Crippen molar-refractivity contribution < 1.29 is 8.42 Å². The fourth-order valence-corrected chi connectivity index (χ4v) is 3.86. The summed E-state index contributed by atoms with van der Waals surface area (Å²) >= 11 is 5.86. The van der Waals surface area contributed by atoms with Gasteiger partial charge in [-0.3, -0.25) is 4.72 Å². The van der Waals surface area contributed by atoms with Crippen molar-refractivity contribution in [2.45, 2.75) is 18.7 Å². The molecule has 134 valence electrons. The summed E-state index contributed by atoms with van der Waals surface area (Å²) in [5.41, 5.74) is 3.58. The number of nitrogens with zero attached hydrogens (tertiary/aromatic N) is 1. The fourth-order valence-electron chi connectivity index (χ4n) is 2.52. The summed E-state index contributed by atoms with van der Waals surface area (Å²) in [4.78, 5) is 4.39. The Kier molecular flexibility index (Phi) is 5.15. The van der Waals surface area contributed by atoms with Crippen LogP contribution in [0.3, 0.4) is 0 Å². The van der Waals surface area contributed by atoms with Crippen LogP contribution in [0.5, 0.6) is 0 Å². The first kappa shape index (κ1) is 18.2. The topological polar surface area (TPSA) is 71.1 Å². The minimum Gasteiger partial charge on any atom is -0.340 e. The largest absolute Gasteiger partial charge is 0.340 e. The van der Waals surface area contributed by atoms with Gasteiger partial charge in [0, 0.05) is 10.7 Å². The maximum absolute atomic E-state index is 12.4. The average Bonchev–Trinajstić information content (AvgIpc) is 2.59. The second-order valence-corrected chi connectivity index (χ2v) is 8.01. The molecule has 1 aromatic heterocycles. The van der Waals surface area contributed by atoms with Crippen molar-refractivity contribution >= 4 is 38.8 Å². The Labute approximate surface area is 158 Å². The van der Waals surface area contributed by atoms with E-state index in [1.54, 1.807) is 24.3 Å². The number of hydrogen-bond acceptors (Lipinski definition) is 4. The number of aromatic nitrogens is 1. The Bertz CT molecular complexity index is 1010. The molecule has 7 heteroatoms. The summed E-state index contributed by atoms with van der Waals surface area (Å²) in [7, 11) is -3.72. The lowest BCUT2D eigenvalue weighted by Gasteiger charge is -2.13. The molecule has 3 aromatic rings. The molecule has 0 saturated carbocycles. The molecule has 0 spiro atoms. The first-order valence-corrected chi connectivity index (χ1v) is 9.79. The molecule has 2 aromatic carbocycles. The first-order valence-electron chi connectivity index (χ1n) is 7.93. The second-order valence-electron chi connectivity index (χ2n) is 5.89. The van der Waals surface area contributed by atoms with Gasteiger partial charge in [0.25, 0.3) is 10.0 Å². The molecule has 0 amide bonds. The maximum atomic E-state index is 12.4. The van der Waals surface area contributed by atoms with Crippen molar-refractivity contribution in [1.82, 2.24) is 4.98 Å². The number of rotatable bonds is 5. The van der Waals surface area contributed by atoms with Crippen molar-refractivity contribution in [1.29, 1.82) is 0 Å². The van der Waals surface area contributed by atoms with Gasteiger partial charge in [0.2, 0.25) is 0 Å². The molecule has 0 fully saturated rings. The van der Waals surface area contributed by atoms with Crippen LogP contribution in [-0.2, 0) is 10.0 Å². The van der Waals surface area contributed by atoms with Crippen molar-refractivity contribution in [2.24, 2.45) is 0 Å². The van der Waals surface area contributed by atoms with E-state index in [2.05, 4.69) is 15.0 Å². The molecular formula is C19H18ClN3O2S. The number of halogens is 1. The number of para-hydroxylation sites is 1. The molecule has 1 heterocycles. The van der Waals surface area contributed by atoms with Crippen LogP contribution in [0.1, 0.15) is 11.1 Å². The van der Waals surface area contributed by atoms with Gasteiger partial charge in [0.1, 0.15) is 5.82 Å². The molecule has 0 aliphatic carbocycles. The zero-order valence-electron chi connectivity index (χ0n) is 14.3. The van der Waals surface area contributed by atoms with Gasteiger partial charge < -0.3 is 5.32 Å². The van der Waals surface area contributed by atoms with E-state index in [9.17, 15) is 8.42 Å². The Morgan fingerprint density at radius 1 is 0.962 bits per heavy atom. The van der Waals surface area contributed by atoms with E-state index >= 15 is 0 Å². The summed E-state index contributed by atoms with van der Waals surface area (Å²) in [5.74, 6) is 0.633. The highest BCUT2D eigenvalue weighted by molar-refractivity contribution is 7.92. The number of hydrogen-bond donors (Lipinski definition) is 2. The monoisotopic (exact) mass is 387 g/mol. The summed E-state index contributed by atoms with van der Waals surface area (Å²) < 4.78 is 27.3. The summed E-state index contributed by atoms with van der Waals surface area (Å²) in [6.45, 7) is 4.03. The summed E-state index contributed by atoms with van der Waals surface area (Å²) in [5, 5.41) is 3.62. The predicted molar refractivity (Wildman–Crippen MR) is 106 cm³/mol. The molecular weight excluding hydrogens is 370 g/mol. The zero-order valence-corrected chi connectivity index (χ0v) is 15.9. The highest BCUT2D eigenvalue weighted by Crippen LogP contribution is 2.24. The number of pyridine rings is 1. The average molecular weight is 388 g/mol. The van der Waals surface area contributed by atoms with Gasteiger partial charge in [0.15, 0.2) is 0 Å². The smallest absolute Gasteiger partial charge is 0.261 e. The van der Waals surface area contributed by atoms with E-state index < -0.39 is 10.0 Å². The highest BCUT2D eigenvalue weighted by Gasteiger charge is 2.14. The predicted octanol–water partition coefficient (Wildman–Crippen LogP) is 4.90. The normalized spacial score (nSPS) is 11.2. The van der Waals surface area contributed by atoms with E-state index in [4.69, 9.17) is 11.6 Å². The molecule has 0 radical (unpaired) electrons. The fraction of sp³-hybridized carbons (Fsp3) is 0.105. The summed E-state index contributed by atoms with van der Waals surface area (Å²) in [6.07, 6.45) is 1.47. The maximum Gasteiger partial charge on any atom is 0.261 e. The lowest BCUT2D eigenvalue weighted by Crippen LogP contribution is -2.13. The van der Waals surface area contributed by atoms with E-state index in [0.29, 0.717) is 16.5 Å². The first-order chi connectivity index (χ1) is 12.3. The number of nitrogens with one attached hydrogen (secondary N) is 2. The van der Waals surface area contributed by atoms with Crippen molar-refractivity contribution in [3.63, 3.8) is 0 Å². The Balaban J connectivity index is 1.78.